The Morgan fingerprint density at radius 3 is 2.53 bits per heavy atom. The number of anilines is 1. The molecule has 158 valence electrons. The highest BCUT2D eigenvalue weighted by Gasteiger charge is 2.42. The first-order valence-electron chi connectivity index (χ1n) is 9.82. The van der Waals surface area contributed by atoms with E-state index in [1.807, 2.05) is 44.2 Å². The Morgan fingerprint density at radius 2 is 1.93 bits per heavy atom. The lowest BCUT2D eigenvalue weighted by atomic mass is 10.0. The summed E-state index contributed by atoms with van der Waals surface area (Å²) >= 11 is 0. The highest BCUT2D eigenvalue weighted by molar-refractivity contribution is 6.05. The number of hydrogen-bond donors (Lipinski definition) is 0. The third kappa shape index (κ3) is 4.27. The molecule has 0 N–H and O–H groups in total. The van der Waals surface area contributed by atoms with Crippen LogP contribution in [0.4, 0.5) is 11.4 Å². The molecular formula is C22H24N2O6. The lowest BCUT2D eigenvalue weighted by Gasteiger charge is -2.38. The number of amides is 1. The number of rotatable bonds is 7. The van der Waals surface area contributed by atoms with Crippen LogP contribution in [0, 0.1) is 16.0 Å². The summed E-state index contributed by atoms with van der Waals surface area (Å²) in [5.74, 6) is -0.813. The quantitative estimate of drug-likeness (QED) is 0.389. The largest absolute Gasteiger partial charge is 0.478 e. The van der Waals surface area contributed by atoms with Crippen molar-refractivity contribution in [2.75, 3.05) is 4.90 Å². The smallest absolute Gasteiger partial charge is 0.329 e. The first kappa shape index (κ1) is 21.3. The molecule has 0 fully saturated rings. The number of carbonyl (C=O) groups excluding carboxylic acids is 2. The average molecular weight is 412 g/mol. The van der Waals surface area contributed by atoms with Crippen LogP contribution in [-0.2, 0) is 20.9 Å². The second-order valence-electron chi connectivity index (χ2n) is 7.42. The van der Waals surface area contributed by atoms with Gasteiger partial charge in [0.1, 0.15) is 18.4 Å². The maximum atomic E-state index is 13.2. The predicted molar refractivity (Wildman–Crippen MR) is 110 cm³/mol. The molecule has 1 heterocycles. The normalized spacial score (nSPS) is 16.6. The van der Waals surface area contributed by atoms with E-state index in [1.54, 1.807) is 6.92 Å². The van der Waals surface area contributed by atoms with Crippen molar-refractivity contribution in [2.45, 2.75) is 45.9 Å². The minimum Gasteiger partial charge on any atom is -0.478 e. The molecule has 1 amide bonds. The highest BCUT2D eigenvalue weighted by atomic mass is 16.6. The molecular weight excluding hydrogens is 388 g/mol. The minimum atomic E-state index is -0.924. The van der Waals surface area contributed by atoms with Crippen LogP contribution in [0.25, 0.3) is 0 Å². The van der Waals surface area contributed by atoms with E-state index in [2.05, 4.69) is 0 Å². The molecule has 2 aromatic rings. The van der Waals surface area contributed by atoms with Gasteiger partial charge >= 0.3 is 5.97 Å². The third-order valence-corrected chi connectivity index (χ3v) is 4.95. The summed E-state index contributed by atoms with van der Waals surface area (Å²) in [6.07, 6.45) is -0.512. The molecule has 0 saturated carbocycles. The van der Waals surface area contributed by atoms with E-state index >= 15 is 0 Å². The van der Waals surface area contributed by atoms with Crippen LogP contribution >= 0.6 is 0 Å². The molecule has 8 nitrogen and oxygen atoms in total. The highest BCUT2D eigenvalue weighted by Crippen LogP contribution is 2.40. The van der Waals surface area contributed by atoms with Gasteiger partial charge < -0.3 is 9.47 Å². The molecule has 0 saturated heterocycles. The number of benzene rings is 2. The lowest BCUT2D eigenvalue weighted by Crippen LogP contribution is -2.55. The van der Waals surface area contributed by atoms with Crippen molar-refractivity contribution in [3.8, 4) is 5.75 Å². The SMILES string of the molecule is CCC(C(=O)OCc1ccccc1)N1C(=O)C(C(C)C)Oc2ccc([N+](=O)[O-])cc21. The zero-order chi connectivity index (χ0) is 21.8. The van der Waals surface area contributed by atoms with Crippen LogP contribution in [0.5, 0.6) is 5.75 Å². The Balaban J connectivity index is 1.95. The van der Waals surface area contributed by atoms with E-state index < -0.39 is 28.9 Å². The van der Waals surface area contributed by atoms with E-state index in [9.17, 15) is 19.7 Å². The van der Waals surface area contributed by atoms with E-state index in [-0.39, 0.29) is 30.3 Å². The maximum Gasteiger partial charge on any atom is 0.329 e. The summed E-state index contributed by atoms with van der Waals surface area (Å²) in [7, 11) is 0. The van der Waals surface area contributed by atoms with E-state index in [0.717, 1.165) is 5.56 Å². The van der Waals surface area contributed by atoms with Crippen molar-refractivity contribution in [2.24, 2.45) is 5.92 Å². The molecule has 2 atom stereocenters. The van der Waals surface area contributed by atoms with Gasteiger partial charge in [-0.3, -0.25) is 19.8 Å². The van der Waals surface area contributed by atoms with Gasteiger partial charge in [-0.25, -0.2) is 4.79 Å². The Morgan fingerprint density at radius 1 is 1.23 bits per heavy atom. The molecule has 30 heavy (non-hydrogen) atoms. The van der Waals surface area contributed by atoms with Crippen molar-refractivity contribution in [3.05, 3.63) is 64.2 Å². The van der Waals surface area contributed by atoms with Crippen LogP contribution in [0.15, 0.2) is 48.5 Å². The number of nitrogens with zero attached hydrogens (tertiary/aromatic N) is 2. The van der Waals surface area contributed by atoms with Gasteiger partial charge in [0.15, 0.2) is 6.10 Å². The van der Waals surface area contributed by atoms with E-state index in [1.165, 1.54) is 23.1 Å². The monoisotopic (exact) mass is 412 g/mol. The van der Waals surface area contributed by atoms with Crippen LogP contribution in [0.1, 0.15) is 32.8 Å². The lowest BCUT2D eigenvalue weighted by molar-refractivity contribution is -0.384. The average Bonchev–Trinajstić information content (AvgIpc) is 2.74. The predicted octanol–water partition coefficient (Wildman–Crippen LogP) is 3.87. The zero-order valence-corrected chi connectivity index (χ0v) is 17.1. The number of ether oxygens (including phenoxy) is 2. The molecule has 3 rings (SSSR count). The fourth-order valence-electron chi connectivity index (χ4n) is 3.37. The van der Waals surface area contributed by atoms with Gasteiger partial charge in [0.2, 0.25) is 0 Å². The number of nitro groups is 1. The van der Waals surface area contributed by atoms with Crippen LogP contribution in [0.2, 0.25) is 0 Å². The van der Waals surface area contributed by atoms with Crippen molar-refractivity contribution in [1.82, 2.24) is 0 Å². The Labute approximate surface area is 174 Å². The number of nitro benzene ring substituents is 1. The molecule has 2 aromatic carbocycles. The van der Waals surface area contributed by atoms with Crippen molar-refractivity contribution in [1.29, 1.82) is 0 Å². The van der Waals surface area contributed by atoms with Crippen molar-refractivity contribution >= 4 is 23.3 Å². The maximum absolute atomic E-state index is 13.2. The molecule has 2 unspecified atom stereocenters. The van der Waals surface area contributed by atoms with Gasteiger partial charge in [-0.2, -0.15) is 0 Å². The second kappa shape index (κ2) is 8.94. The summed E-state index contributed by atoms with van der Waals surface area (Å²) < 4.78 is 11.3. The first-order valence-corrected chi connectivity index (χ1v) is 9.82. The number of esters is 1. The minimum absolute atomic E-state index is 0.0735. The molecule has 0 aliphatic carbocycles. The van der Waals surface area contributed by atoms with Gasteiger partial charge in [-0.05, 0) is 24.0 Å². The van der Waals surface area contributed by atoms with Crippen LogP contribution < -0.4 is 9.64 Å². The Kier molecular flexibility index (Phi) is 6.34. The third-order valence-electron chi connectivity index (χ3n) is 4.95. The number of non-ortho nitro benzene ring substituents is 1. The summed E-state index contributed by atoms with van der Waals surface area (Å²) in [5, 5.41) is 11.2. The van der Waals surface area contributed by atoms with Crippen molar-refractivity contribution in [3.63, 3.8) is 0 Å². The van der Waals surface area contributed by atoms with Gasteiger partial charge in [0.05, 0.1) is 10.6 Å². The fourth-order valence-corrected chi connectivity index (χ4v) is 3.37. The van der Waals surface area contributed by atoms with Crippen LogP contribution in [0.3, 0.4) is 0 Å². The molecule has 1 aliphatic rings. The summed E-state index contributed by atoms with van der Waals surface area (Å²) in [5.41, 5.74) is 0.838. The van der Waals surface area contributed by atoms with Gasteiger partial charge in [-0.1, -0.05) is 51.1 Å². The fraction of sp³-hybridized carbons (Fsp3) is 0.364. The summed E-state index contributed by atoms with van der Waals surface area (Å²) in [4.78, 5) is 38.1. The van der Waals surface area contributed by atoms with Gasteiger partial charge in [-0.15, -0.1) is 0 Å². The van der Waals surface area contributed by atoms with Gasteiger partial charge in [0.25, 0.3) is 11.6 Å². The number of fused-ring (bicyclic) bond motifs is 1. The summed E-state index contributed by atoms with van der Waals surface area (Å²) in [6.45, 7) is 5.51. The molecule has 8 heteroatoms. The first-order chi connectivity index (χ1) is 14.3. The molecule has 0 aromatic heterocycles. The molecule has 0 spiro atoms. The topological polar surface area (TPSA) is 99.0 Å². The zero-order valence-electron chi connectivity index (χ0n) is 17.1. The Hall–Kier alpha value is -3.42. The second-order valence-corrected chi connectivity index (χ2v) is 7.42. The van der Waals surface area contributed by atoms with Crippen LogP contribution in [-0.4, -0.2) is 28.9 Å². The van der Waals surface area contributed by atoms with E-state index in [4.69, 9.17) is 9.47 Å². The molecule has 1 aliphatic heterocycles. The number of carbonyl (C=O) groups is 2. The summed E-state index contributed by atoms with van der Waals surface area (Å²) in [6, 6.07) is 12.3. The molecule has 0 bridgehead atoms. The van der Waals surface area contributed by atoms with Gasteiger partial charge in [0, 0.05) is 12.1 Å². The standard InChI is InChI=1S/C22H24N2O6/c1-4-17(22(26)29-13-15-8-6-5-7-9-15)23-18-12-16(24(27)28)10-11-19(18)30-20(14(2)3)21(23)25/h5-12,14,17,20H,4,13H2,1-3H3. The number of hydrogen-bond acceptors (Lipinski definition) is 6. The van der Waals surface area contributed by atoms with E-state index in [0.29, 0.717) is 5.75 Å². The molecule has 0 radical (unpaired) electrons. The van der Waals surface area contributed by atoms with Crippen molar-refractivity contribution < 1.29 is 24.0 Å². The Bertz CT molecular complexity index is 944.